The summed E-state index contributed by atoms with van der Waals surface area (Å²) in [5.74, 6) is 1.39. The monoisotopic (exact) mass is 348 g/mol. The van der Waals surface area contributed by atoms with Gasteiger partial charge in [-0.2, -0.15) is 4.98 Å². The van der Waals surface area contributed by atoms with E-state index in [4.69, 9.17) is 5.73 Å². The fourth-order valence-electron chi connectivity index (χ4n) is 3.38. The highest BCUT2D eigenvalue weighted by atomic mass is 15.2. The van der Waals surface area contributed by atoms with Gasteiger partial charge in [0.15, 0.2) is 0 Å². The average molecular weight is 348 g/mol. The molecule has 2 atom stereocenters. The molecule has 134 valence electrons. The van der Waals surface area contributed by atoms with Crippen molar-refractivity contribution in [2.75, 3.05) is 10.6 Å². The zero-order valence-corrected chi connectivity index (χ0v) is 14.7. The highest BCUT2D eigenvalue weighted by Crippen LogP contribution is 2.21. The van der Waals surface area contributed by atoms with E-state index in [1.54, 1.807) is 6.20 Å². The fourth-order valence-corrected chi connectivity index (χ4v) is 3.38. The zero-order valence-electron chi connectivity index (χ0n) is 14.7. The van der Waals surface area contributed by atoms with Crippen LogP contribution in [-0.4, -0.2) is 26.6 Å². The Hall–Kier alpha value is -2.86. The van der Waals surface area contributed by atoms with Crippen molar-refractivity contribution in [2.24, 2.45) is 5.73 Å². The van der Waals surface area contributed by atoms with Gasteiger partial charge in [-0.25, -0.2) is 4.98 Å². The second kappa shape index (κ2) is 7.58. The van der Waals surface area contributed by atoms with Crippen molar-refractivity contribution in [3.63, 3.8) is 0 Å². The number of hydrogen-bond donors (Lipinski definition) is 3. The van der Waals surface area contributed by atoms with Gasteiger partial charge in [-0.05, 0) is 37.1 Å². The molecule has 0 aliphatic heterocycles. The SMILES string of the molecule is N[C@H]1CCCC[C@H]1Nc1nccc(Nc2ccn(-c3ccccc3)c2)n1. The molecule has 6 heteroatoms. The number of nitrogens with one attached hydrogen (secondary N) is 2. The molecule has 0 unspecified atom stereocenters. The third kappa shape index (κ3) is 3.86. The molecule has 2 aromatic heterocycles. The molecule has 1 saturated carbocycles. The van der Waals surface area contributed by atoms with Crippen molar-refractivity contribution >= 4 is 17.5 Å². The number of nitrogens with zero attached hydrogens (tertiary/aromatic N) is 3. The van der Waals surface area contributed by atoms with E-state index in [1.807, 2.05) is 42.7 Å². The van der Waals surface area contributed by atoms with Crippen molar-refractivity contribution in [1.82, 2.24) is 14.5 Å². The van der Waals surface area contributed by atoms with Gasteiger partial charge in [-0.3, -0.25) is 0 Å². The molecule has 0 spiro atoms. The summed E-state index contributed by atoms with van der Waals surface area (Å²) >= 11 is 0. The lowest BCUT2D eigenvalue weighted by Gasteiger charge is -2.29. The molecule has 2 heterocycles. The summed E-state index contributed by atoms with van der Waals surface area (Å²) in [6, 6.07) is 14.5. The van der Waals surface area contributed by atoms with Gasteiger partial charge < -0.3 is 20.9 Å². The summed E-state index contributed by atoms with van der Waals surface area (Å²) < 4.78 is 2.07. The standard InChI is InChI=1S/C20H24N6/c21-17-8-4-5-9-18(17)24-20-22-12-10-19(25-20)23-15-11-13-26(14-15)16-6-2-1-3-7-16/h1-3,6-7,10-14,17-18H,4-5,8-9,21H2,(H2,22,23,24,25)/t17-,18+/m0/s1. The summed E-state index contributed by atoms with van der Waals surface area (Å²) in [5.41, 5.74) is 8.31. The molecule has 0 saturated heterocycles. The van der Waals surface area contributed by atoms with Gasteiger partial charge in [0.05, 0.1) is 5.69 Å². The van der Waals surface area contributed by atoms with E-state index in [2.05, 4.69) is 37.3 Å². The van der Waals surface area contributed by atoms with Crippen LogP contribution in [0.3, 0.4) is 0 Å². The van der Waals surface area contributed by atoms with Crippen LogP contribution >= 0.6 is 0 Å². The lowest BCUT2D eigenvalue weighted by atomic mass is 9.91. The van der Waals surface area contributed by atoms with Crippen LogP contribution in [0.15, 0.2) is 61.1 Å². The minimum Gasteiger partial charge on any atom is -0.350 e. The molecular formula is C20H24N6. The first kappa shape index (κ1) is 16.6. The van der Waals surface area contributed by atoms with Gasteiger partial charge >= 0.3 is 0 Å². The van der Waals surface area contributed by atoms with Gasteiger partial charge in [-0.15, -0.1) is 0 Å². The molecule has 6 nitrogen and oxygen atoms in total. The van der Waals surface area contributed by atoms with Gasteiger partial charge in [0.1, 0.15) is 5.82 Å². The lowest BCUT2D eigenvalue weighted by molar-refractivity contribution is 0.402. The summed E-state index contributed by atoms with van der Waals surface area (Å²) in [6.45, 7) is 0. The van der Waals surface area contributed by atoms with Crippen molar-refractivity contribution in [3.05, 3.63) is 61.1 Å². The molecule has 3 aromatic rings. The van der Waals surface area contributed by atoms with E-state index in [9.17, 15) is 0 Å². The maximum Gasteiger partial charge on any atom is 0.224 e. The topological polar surface area (TPSA) is 80.8 Å². The van der Waals surface area contributed by atoms with Crippen LogP contribution in [0.4, 0.5) is 17.5 Å². The van der Waals surface area contributed by atoms with E-state index in [0.29, 0.717) is 5.95 Å². The summed E-state index contributed by atoms with van der Waals surface area (Å²) in [6.07, 6.45) is 10.4. The van der Waals surface area contributed by atoms with Crippen LogP contribution < -0.4 is 16.4 Å². The first-order valence-electron chi connectivity index (χ1n) is 9.13. The Bertz CT molecular complexity index is 844. The summed E-state index contributed by atoms with van der Waals surface area (Å²) in [4.78, 5) is 8.92. The van der Waals surface area contributed by atoms with Crippen LogP contribution in [-0.2, 0) is 0 Å². The van der Waals surface area contributed by atoms with Crippen molar-refractivity contribution in [2.45, 2.75) is 37.8 Å². The average Bonchev–Trinajstić information content (AvgIpc) is 3.13. The molecule has 26 heavy (non-hydrogen) atoms. The molecule has 1 aliphatic carbocycles. The van der Waals surface area contributed by atoms with Gasteiger partial charge in [0.25, 0.3) is 0 Å². The Morgan fingerprint density at radius 2 is 1.88 bits per heavy atom. The van der Waals surface area contributed by atoms with E-state index >= 15 is 0 Å². The first-order valence-corrected chi connectivity index (χ1v) is 9.13. The van der Waals surface area contributed by atoms with Crippen LogP contribution in [0, 0.1) is 0 Å². The van der Waals surface area contributed by atoms with E-state index < -0.39 is 0 Å². The Kier molecular flexibility index (Phi) is 4.84. The van der Waals surface area contributed by atoms with Crippen LogP contribution in [0.25, 0.3) is 5.69 Å². The molecule has 1 fully saturated rings. The van der Waals surface area contributed by atoms with Gasteiger partial charge in [0, 0.05) is 36.4 Å². The van der Waals surface area contributed by atoms with E-state index in [0.717, 1.165) is 30.0 Å². The second-order valence-corrected chi connectivity index (χ2v) is 6.73. The number of hydrogen-bond acceptors (Lipinski definition) is 5. The predicted octanol–water partition coefficient (Wildman–Crippen LogP) is 3.69. The number of benzene rings is 1. The maximum absolute atomic E-state index is 6.21. The molecule has 1 aromatic carbocycles. The predicted molar refractivity (Wildman–Crippen MR) is 105 cm³/mol. The maximum atomic E-state index is 6.21. The van der Waals surface area contributed by atoms with Gasteiger partial charge in [-0.1, -0.05) is 31.0 Å². The van der Waals surface area contributed by atoms with Crippen molar-refractivity contribution < 1.29 is 0 Å². The molecule has 1 aliphatic rings. The quantitative estimate of drug-likeness (QED) is 0.655. The molecule has 0 radical (unpaired) electrons. The number of anilines is 3. The molecule has 4 rings (SSSR count). The Balaban J connectivity index is 1.45. The van der Waals surface area contributed by atoms with Crippen LogP contribution in [0.5, 0.6) is 0 Å². The Labute approximate surface area is 153 Å². The normalized spacial score (nSPS) is 19.9. The Morgan fingerprint density at radius 1 is 1.04 bits per heavy atom. The van der Waals surface area contributed by atoms with Crippen LogP contribution in [0.1, 0.15) is 25.7 Å². The third-order valence-electron chi connectivity index (χ3n) is 4.81. The van der Waals surface area contributed by atoms with Crippen LogP contribution in [0.2, 0.25) is 0 Å². The summed E-state index contributed by atoms with van der Waals surface area (Å²) in [7, 11) is 0. The summed E-state index contributed by atoms with van der Waals surface area (Å²) in [5, 5.41) is 6.74. The number of rotatable bonds is 5. The number of nitrogens with two attached hydrogens (primary N) is 1. The van der Waals surface area contributed by atoms with Gasteiger partial charge in [0.2, 0.25) is 5.95 Å². The smallest absolute Gasteiger partial charge is 0.224 e. The molecule has 4 N–H and O–H groups in total. The van der Waals surface area contributed by atoms with E-state index in [-0.39, 0.29) is 12.1 Å². The highest BCUT2D eigenvalue weighted by molar-refractivity contribution is 5.57. The molecule has 0 amide bonds. The van der Waals surface area contributed by atoms with Crippen molar-refractivity contribution in [1.29, 1.82) is 0 Å². The van der Waals surface area contributed by atoms with E-state index in [1.165, 1.54) is 12.8 Å². The largest absolute Gasteiger partial charge is 0.350 e. The highest BCUT2D eigenvalue weighted by Gasteiger charge is 2.22. The second-order valence-electron chi connectivity index (χ2n) is 6.73. The lowest BCUT2D eigenvalue weighted by Crippen LogP contribution is -2.42. The Morgan fingerprint density at radius 3 is 2.73 bits per heavy atom. The van der Waals surface area contributed by atoms with Crippen molar-refractivity contribution in [3.8, 4) is 5.69 Å². The minimum absolute atomic E-state index is 0.170. The fraction of sp³-hybridized carbons (Fsp3) is 0.300. The first-order chi connectivity index (χ1) is 12.8. The zero-order chi connectivity index (χ0) is 17.8. The third-order valence-corrected chi connectivity index (χ3v) is 4.81. The minimum atomic E-state index is 0.170. The molecular weight excluding hydrogens is 324 g/mol. The number of aromatic nitrogens is 3. The number of para-hydroxylation sites is 1. The molecule has 0 bridgehead atoms.